The molecule has 16 rings (SSSR count). The van der Waals surface area contributed by atoms with Crippen molar-refractivity contribution in [2.45, 2.75) is 9.79 Å². The van der Waals surface area contributed by atoms with E-state index in [4.69, 9.17) is 4.42 Å². The molecule has 0 bridgehead atoms. The van der Waals surface area contributed by atoms with E-state index in [2.05, 4.69) is 228 Å². The summed E-state index contributed by atoms with van der Waals surface area (Å²) in [6.07, 6.45) is 0. The number of hydrogen-bond acceptors (Lipinski definition) is 4. The molecule has 15 aromatic rings. The maximum absolute atomic E-state index is 17.8. The van der Waals surface area contributed by atoms with Gasteiger partial charge < -0.3 is 14.2 Å². The molecule has 0 amide bonds. The summed E-state index contributed by atoms with van der Waals surface area (Å²) in [5.41, 5.74) is 17.2. The summed E-state index contributed by atoms with van der Waals surface area (Å²) in [6, 6.07) is 104. The topological polar surface area (TPSA) is 19.6 Å². The van der Waals surface area contributed by atoms with E-state index in [1.54, 1.807) is 6.07 Å². The van der Waals surface area contributed by atoms with Gasteiger partial charge >= 0.3 is 0 Å². The van der Waals surface area contributed by atoms with E-state index in [0.717, 1.165) is 122 Å². The lowest BCUT2D eigenvalue weighted by molar-refractivity contribution is 0.630. The van der Waals surface area contributed by atoms with Crippen LogP contribution in [-0.2, 0) is 0 Å². The van der Waals surface area contributed by atoms with Crippen LogP contribution < -0.4 is 9.80 Å². The van der Waals surface area contributed by atoms with Gasteiger partial charge in [0.1, 0.15) is 11.4 Å². The number of rotatable bonds is 10. The molecule has 0 aliphatic carbocycles. The quantitative estimate of drug-likeness (QED) is 0.127. The van der Waals surface area contributed by atoms with E-state index in [-0.39, 0.29) is 5.82 Å². The van der Waals surface area contributed by atoms with E-state index in [1.165, 1.54) is 26.6 Å². The summed E-state index contributed by atoms with van der Waals surface area (Å²) in [5.74, 6) is -0.313. The highest BCUT2D eigenvalue weighted by molar-refractivity contribution is 7.99. The molecule has 0 radical (unpaired) electrons. The summed E-state index contributed by atoms with van der Waals surface area (Å²) < 4.78 is 24.7. The Kier molecular flexibility index (Phi) is 11.7. The SMILES string of the molecule is Fc1cc(-c2ccccc2)cc(-c2ccccc2)c1N(c1ccccc1)c1ccc2c(-c3ccc4ccccc4c3)c3c4c(cccc4c2c1)Sc1cc(N(c2ccccc2-c2ccccc2)c2cccc4c2oc2ccccc24)ccc1-3. The standard InChI is InChI=1S/C78H49FN2OS/c79-68-47-56(50-21-5-1-6-22-50)46-66(53-26-9-3-10-27-53)77(68)80(57-29-11-4-12-30-57)58-41-43-63-67(48-58)62-33-20-38-72-75(62)76(74(63)55-40-39-51-23-13-14-28-54(51)45-55)65-44-42-59(49-73(65)83-72)81(69-35-17-15-31-60(69)52-24-7-2-8-25-52)70-36-19-34-64-61-32-16-18-37-71(61)82-78(64)70/h1-49H. The van der Waals surface area contributed by atoms with Crippen LogP contribution in [0.15, 0.2) is 311 Å². The summed E-state index contributed by atoms with van der Waals surface area (Å²) in [6.45, 7) is 0. The second kappa shape index (κ2) is 20.0. The molecule has 0 unspecified atom stereocenters. The van der Waals surface area contributed by atoms with Crippen molar-refractivity contribution in [1.29, 1.82) is 0 Å². The molecule has 83 heavy (non-hydrogen) atoms. The van der Waals surface area contributed by atoms with Gasteiger partial charge in [-0.15, -0.1) is 0 Å². The molecule has 0 N–H and O–H groups in total. The van der Waals surface area contributed by atoms with Gasteiger partial charge in [0.15, 0.2) is 5.58 Å². The fourth-order valence-corrected chi connectivity index (χ4v) is 13.9. The van der Waals surface area contributed by atoms with Gasteiger partial charge in [-0.25, -0.2) is 4.39 Å². The molecular formula is C78H49FN2OS. The lowest BCUT2D eigenvalue weighted by Crippen LogP contribution is -2.13. The molecule has 390 valence electrons. The minimum atomic E-state index is -0.313. The fourth-order valence-electron chi connectivity index (χ4n) is 12.7. The number of fused-ring (bicyclic) bond motifs is 8. The maximum Gasteiger partial charge on any atom is 0.159 e. The van der Waals surface area contributed by atoms with Crippen LogP contribution in [0.5, 0.6) is 0 Å². The molecule has 0 saturated heterocycles. The van der Waals surface area contributed by atoms with Crippen LogP contribution in [0, 0.1) is 5.82 Å². The molecule has 2 heterocycles. The number of anilines is 6. The van der Waals surface area contributed by atoms with Gasteiger partial charge in [-0.1, -0.05) is 230 Å². The van der Waals surface area contributed by atoms with Crippen molar-refractivity contribution in [1.82, 2.24) is 0 Å². The van der Waals surface area contributed by atoms with Crippen molar-refractivity contribution >= 4 is 100 Å². The highest BCUT2D eigenvalue weighted by atomic mass is 32.2. The van der Waals surface area contributed by atoms with E-state index in [1.807, 2.05) is 84.6 Å². The largest absolute Gasteiger partial charge is 0.454 e. The third-order valence-corrected chi connectivity index (χ3v) is 17.6. The second-order valence-corrected chi connectivity index (χ2v) is 22.3. The van der Waals surface area contributed by atoms with Gasteiger partial charge in [0.2, 0.25) is 0 Å². The zero-order valence-electron chi connectivity index (χ0n) is 44.9. The van der Waals surface area contributed by atoms with Crippen LogP contribution in [0.25, 0.3) is 110 Å². The molecule has 1 aromatic heterocycles. The average molecular weight is 1080 g/mol. The van der Waals surface area contributed by atoms with Gasteiger partial charge in [0.25, 0.3) is 0 Å². The molecule has 5 heteroatoms. The molecule has 0 spiro atoms. The third kappa shape index (κ3) is 8.19. The van der Waals surface area contributed by atoms with Crippen molar-refractivity contribution in [2.75, 3.05) is 9.80 Å². The van der Waals surface area contributed by atoms with E-state index in [9.17, 15) is 0 Å². The Morgan fingerprint density at radius 3 is 1.75 bits per heavy atom. The number of para-hydroxylation sites is 4. The zero-order valence-corrected chi connectivity index (χ0v) is 45.7. The smallest absolute Gasteiger partial charge is 0.159 e. The Labute approximate surface area is 484 Å². The Morgan fingerprint density at radius 2 is 0.940 bits per heavy atom. The lowest BCUT2D eigenvalue weighted by Gasteiger charge is -2.31. The van der Waals surface area contributed by atoms with Crippen LogP contribution >= 0.6 is 11.8 Å². The molecule has 3 nitrogen and oxygen atoms in total. The molecule has 14 aromatic carbocycles. The van der Waals surface area contributed by atoms with Crippen LogP contribution in [0.1, 0.15) is 0 Å². The molecule has 0 fully saturated rings. The van der Waals surface area contributed by atoms with E-state index < -0.39 is 0 Å². The minimum absolute atomic E-state index is 0.313. The minimum Gasteiger partial charge on any atom is -0.454 e. The highest BCUT2D eigenvalue weighted by Crippen LogP contribution is 2.57. The van der Waals surface area contributed by atoms with Crippen molar-refractivity contribution in [3.05, 3.63) is 303 Å². The normalized spacial score (nSPS) is 11.9. The van der Waals surface area contributed by atoms with E-state index >= 15 is 4.39 Å². The van der Waals surface area contributed by atoms with Crippen LogP contribution in [0.4, 0.5) is 38.5 Å². The van der Waals surface area contributed by atoms with E-state index in [0.29, 0.717) is 5.69 Å². The molecule has 1 aliphatic rings. The fraction of sp³-hybridized carbons (Fsp3) is 0. The summed E-state index contributed by atoms with van der Waals surface area (Å²) in [5, 5.41) is 9.02. The average Bonchev–Trinajstić information content (AvgIpc) is 1.55. The van der Waals surface area contributed by atoms with Crippen molar-refractivity contribution in [3.8, 4) is 55.6 Å². The first-order chi connectivity index (χ1) is 41.1. The first kappa shape index (κ1) is 48.4. The predicted octanol–water partition coefficient (Wildman–Crippen LogP) is 22.9. The zero-order chi connectivity index (χ0) is 55.0. The predicted molar refractivity (Wildman–Crippen MR) is 347 cm³/mol. The van der Waals surface area contributed by atoms with Crippen molar-refractivity contribution in [2.24, 2.45) is 0 Å². The Morgan fingerprint density at radius 1 is 0.313 bits per heavy atom. The first-order valence-electron chi connectivity index (χ1n) is 28.1. The number of halogens is 1. The molecule has 0 saturated carbocycles. The Balaban J connectivity index is 0.939. The van der Waals surface area contributed by atoms with Crippen molar-refractivity contribution < 1.29 is 8.81 Å². The third-order valence-electron chi connectivity index (χ3n) is 16.4. The lowest BCUT2D eigenvalue weighted by atomic mass is 9.84. The number of hydrogen-bond donors (Lipinski definition) is 0. The van der Waals surface area contributed by atoms with Crippen molar-refractivity contribution in [3.63, 3.8) is 0 Å². The number of benzene rings is 14. The van der Waals surface area contributed by atoms with Gasteiger partial charge in [-0.2, -0.15) is 0 Å². The highest BCUT2D eigenvalue weighted by Gasteiger charge is 2.30. The van der Waals surface area contributed by atoms with Crippen LogP contribution in [0.3, 0.4) is 0 Å². The summed E-state index contributed by atoms with van der Waals surface area (Å²) >= 11 is 1.82. The van der Waals surface area contributed by atoms with Gasteiger partial charge in [-0.05, 0) is 145 Å². The summed E-state index contributed by atoms with van der Waals surface area (Å²) in [7, 11) is 0. The molecular weight excluding hydrogens is 1030 g/mol. The second-order valence-electron chi connectivity index (χ2n) is 21.2. The monoisotopic (exact) mass is 1080 g/mol. The van der Waals surface area contributed by atoms with Gasteiger partial charge in [0, 0.05) is 59.7 Å². The summed E-state index contributed by atoms with van der Waals surface area (Å²) in [4.78, 5) is 6.81. The molecule has 0 atom stereocenters. The number of nitrogens with zero attached hydrogens (tertiary/aromatic N) is 2. The molecule has 1 aliphatic heterocycles. The number of furan rings is 1. The Bertz CT molecular complexity index is 5020. The Hall–Kier alpha value is -10.5. The maximum atomic E-state index is 17.8. The van der Waals surface area contributed by atoms with Crippen LogP contribution in [0.2, 0.25) is 0 Å². The van der Waals surface area contributed by atoms with Gasteiger partial charge in [0.05, 0.1) is 17.1 Å². The first-order valence-corrected chi connectivity index (χ1v) is 28.9. The van der Waals surface area contributed by atoms with Crippen LogP contribution in [-0.4, -0.2) is 0 Å². The van der Waals surface area contributed by atoms with Gasteiger partial charge in [-0.3, -0.25) is 0 Å².